The van der Waals surface area contributed by atoms with Crippen LogP contribution >= 0.6 is 27.4 Å². The van der Waals surface area contributed by atoms with E-state index in [-0.39, 0.29) is 137 Å². The number of para-hydroxylation sites is 2. The molecule has 2 aliphatic rings. The van der Waals surface area contributed by atoms with Gasteiger partial charge >= 0.3 is 96.5 Å². The Morgan fingerprint density at radius 1 is 0.772 bits per heavy atom. The van der Waals surface area contributed by atoms with Crippen LogP contribution < -0.4 is 118 Å². The van der Waals surface area contributed by atoms with Gasteiger partial charge in [0.1, 0.15) is 13.6 Å². The Kier molecular flexibility index (Phi) is 23.0. The first-order valence-corrected chi connectivity index (χ1v) is 21.5. The van der Waals surface area contributed by atoms with Crippen LogP contribution in [0.3, 0.4) is 0 Å². The number of nitrogens with zero attached hydrogens (tertiary/aromatic N) is 2. The average molecular weight is 868 g/mol. The van der Waals surface area contributed by atoms with Gasteiger partial charge in [0.2, 0.25) is 17.7 Å². The fraction of sp³-hybridized carbons (Fsp3) is 0.378. The van der Waals surface area contributed by atoms with Gasteiger partial charge in [-0.25, -0.2) is 0 Å². The van der Waals surface area contributed by atoms with Crippen LogP contribution in [0.15, 0.2) is 82.8 Å². The monoisotopic (exact) mass is 867 g/mol. The fourth-order valence-corrected chi connectivity index (χ4v) is 8.49. The quantitative estimate of drug-likeness (QED) is 0.0292. The molecule has 2 aliphatic heterocycles. The summed E-state index contributed by atoms with van der Waals surface area (Å²) in [6.45, 7) is 0.836. The number of carbonyl (C=O) groups excluding carboxylic acids is 3. The predicted molar refractivity (Wildman–Crippen MR) is 198 cm³/mol. The number of fused-ring (bicyclic) bond motifs is 2. The topological polar surface area (TPSA) is 201 Å². The third kappa shape index (κ3) is 16.1. The second-order valence-corrected chi connectivity index (χ2v) is 16.2. The molecule has 3 aromatic carbocycles. The van der Waals surface area contributed by atoms with Gasteiger partial charge in [-0.1, -0.05) is 67.4 Å². The molecular weight excluding hydrogens is 825 g/mol. The van der Waals surface area contributed by atoms with Gasteiger partial charge in [-0.2, -0.15) is 0 Å². The number of thioether (sulfide) groups is 1. The van der Waals surface area contributed by atoms with E-state index >= 15 is 0 Å². The average Bonchev–Trinajstić information content (AvgIpc) is 3.45. The van der Waals surface area contributed by atoms with Gasteiger partial charge in [0.05, 0.1) is 6.61 Å². The molecule has 2 heterocycles. The van der Waals surface area contributed by atoms with E-state index in [9.17, 15) is 38.2 Å². The molecule has 1 N–H and O–H groups in total. The van der Waals surface area contributed by atoms with E-state index in [0.29, 0.717) is 66.8 Å². The van der Waals surface area contributed by atoms with Crippen molar-refractivity contribution in [3.8, 4) is 5.75 Å². The summed E-state index contributed by atoms with van der Waals surface area (Å²) < 4.78 is 39.6. The van der Waals surface area contributed by atoms with Crippen LogP contribution in [0.25, 0.3) is 5.57 Å². The Hall–Kier alpha value is -0.940. The number of benzene rings is 3. The number of hydrogen-bond donors (Lipinski definition) is 1. The van der Waals surface area contributed by atoms with Crippen molar-refractivity contribution >= 4 is 62.1 Å². The molecule has 0 bridgehead atoms. The summed E-state index contributed by atoms with van der Waals surface area (Å²) in [5.74, 6) is -0.323. The second-order valence-electron chi connectivity index (χ2n) is 12.8. The molecule has 3 amide bonds. The van der Waals surface area contributed by atoms with Gasteiger partial charge < -0.3 is 43.0 Å². The summed E-state index contributed by atoms with van der Waals surface area (Å²) >= 11 is 0.902. The Morgan fingerprint density at radius 3 is 1.93 bits per heavy atom. The number of imide groups is 1. The van der Waals surface area contributed by atoms with Crippen LogP contribution in [0, 0.1) is 0 Å². The summed E-state index contributed by atoms with van der Waals surface area (Å²) in [4.78, 5) is 75.4. The minimum absolute atomic E-state index is 0. The first-order valence-electron chi connectivity index (χ1n) is 17.7. The van der Waals surface area contributed by atoms with Crippen LogP contribution in [0.4, 0.5) is 11.4 Å². The third-order valence-corrected chi connectivity index (χ3v) is 11.2. The van der Waals surface area contributed by atoms with Crippen LogP contribution in [0.5, 0.6) is 5.75 Å². The van der Waals surface area contributed by atoms with Crippen molar-refractivity contribution in [3.05, 3.63) is 89.0 Å². The first-order chi connectivity index (χ1) is 25.8. The summed E-state index contributed by atoms with van der Waals surface area (Å²) in [5, 5.41) is 2.72. The Morgan fingerprint density at radius 2 is 1.33 bits per heavy atom. The van der Waals surface area contributed by atoms with Crippen LogP contribution in [0.2, 0.25) is 0 Å². The number of carbonyl (C=O) groups is 3. The number of amides is 3. The molecule has 290 valence electrons. The maximum atomic E-state index is 12.5. The van der Waals surface area contributed by atoms with Gasteiger partial charge in [0.15, 0.2) is 5.09 Å². The van der Waals surface area contributed by atoms with Crippen molar-refractivity contribution in [1.29, 1.82) is 0 Å². The zero-order valence-corrected chi connectivity index (χ0v) is 41.4. The van der Waals surface area contributed by atoms with E-state index in [1.807, 2.05) is 48.3 Å². The molecule has 57 heavy (non-hydrogen) atoms. The number of phosphoric acid groups is 2. The number of anilines is 2. The SMILES string of the molecule is CN1c2ccccc2C(=C(OP(=O)([O-])[O-])Sc2ccc(OP(=O)([O-])OCCCCCCNC(=O)CCCCCN3C(=O)CCC3=O)cc2)c2ccccc21.[Na+].[Na+].[Na+]. The molecule has 3 aromatic rings. The molecule has 0 saturated carbocycles. The third-order valence-electron chi connectivity index (χ3n) is 8.80. The van der Waals surface area contributed by atoms with Crippen LogP contribution in [-0.2, 0) is 32.6 Å². The summed E-state index contributed by atoms with van der Waals surface area (Å²) in [5.41, 5.74) is 3.33. The van der Waals surface area contributed by atoms with E-state index < -0.39 is 15.6 Å². The van der Waals surface area contributed by atoms with Gasteiger partial charge in [-0.05, 0) is 62.1 Å². The van der Waals surface area contributed by atoms with E-state index in [4.69, 9.17) is 13.6 Å². The minimum atomic E-state index is -5.48. The number of phosphoric ester groups is 2. The van der Waals surface area contributed by atoms with Crippen molar-refractivity contribution in [1.82, 2.24) is 10.2 Å². The first kappa shape index (κ1) is 52.2. The minimum Gasteiger partial charge on any atom is -0.780 e. The maximum absolute atomic E-state index is 12.5. The number of likely N-dealkylation sites (tertiary alicyclic amines) is 1. The number of hydrogen-bond acceptors (Lipinski definition) is 13. The molecule has 0 radical (unpaired) electrons. The standard InChI is InChI=1S/C37H45N3O11P2S.3Na/c1-39-31-15-8-6-13-29(31)36(30-14-7-9-16-32(30)39)37(51-52(44,45)46)54-28-20-18-27(19-21-28)50-53(47,48)49-26-12-3-2-10-24-38-33(41)17-5-4-11-25-40-34(42)22-23-35(40)43;;;/h6-9,13-16,18-21H,2-5,10-12,17,22-26H2,1H3,(H,38,41)(H,47,48)(H2,44,45,46);;;/q;3*+1/p-3. The largest absolute Gasteiger partial charge is 1.00 e. The second kappa shape index (κ2) is 25.1. The van der Waals surface area contributed by atoms with Gasteiger partial charge in [-0.15, -0.1) is 0 Å². The Bertz CT molecular complexity index is 1890. The van der Waals surface area contributed by atoms with Crippen molar-refractivity contribution in [3.63, 3.8) is 0 Å². The molecule has 1 unspecified atom stereocenters. The maximum Gasteiger partial charge on any atom is 1.00 e. The molecule has 1 saturated heterocycles. The van der Waals surface area contributed by atoms with E-state index in [1.54, 1.807) is 12.1 Å². The van der Waals surface area contributed by atoms with Crippen LogP contribution in [-0.4, -0.2) is 49.4 Å². The van der Waals surface area contributed by atoms with Gasteiger partial charge in [0, 0.05) is 72.4 Å². The Balaban J connectivity index is 0.00000374. The molecule has 0 aromatic heterocycles. The molecule has 20 heteroatoms. The molecule has 0 spiro atoms. The molecule has 1 fully saturated rings. The van der Waals surface area contributed by atoms with Crippen molar-refractivity contribution in [2.75, 3.05) is 31.6 Å². The smallest absolute Gasteiger partial charge is 0.780 e. The fourth-order valence-electron chi connectivity index (χ4n) is 6.18. The van der Waals surface area contributed by atoms with Crippen LogP contribution in [0.1, 0.15) is 75.3 Å². The van der Waals surface area contributed by atoms with E-state index in [0.717, 1.165) is 42.4 Å². The predicted octanol–water partition coefficient (Wildman–Crippen LogP) is -3.62. The van der Waals surface area contributed by atoms with Gasteiger partial charge in [-0.3, -0.25) is 23.8 Å². The summed E-state index contributed by atoms with van der Waals surface area (Å²) in [6, 6.07) is 20.5. The molecule has 5 rings (SSSR count). The summed E-state index contributed by atoms with van der Waals surface area (Å²) in [6.07, 6.45) is 5.67. The number of unbranched alkanes of at least 4 members (excludes halogenated alkanes) is 5. The molecular formula is C37H42N3Na3O11P2S. The number of nitrogens with one attached hydrogen (secondary N) is 1. The zero-order valence-electron chi connectivity index (χ0n) is 32.8. The number of rotatable bonds is 20. The normalized spacial score (nSPS) is 14.3. The molecule has 1 atom stereocenters. The van der Waals surface area contributed by atoms with Gasteiger partial charge in [0.25, 0.3) is 0 Å². The van der Waals surface area contributed by atoms with E-state index in [2.05, 4.69) is 5.32 Å². The van der Waals surface area contributed by atoms with E-state index in [1.165, 1.54) is 29.2 Å². The zero-order chi connectivity index (χ0) is 38.7. The van der Waals surface area contributed by atoms with Crippen molar-refractivity contribution in [2.45, 2.75) is 69.1 Å². The summed E-state index contributed by atoms with van der Waals surface area (Å²) in [7, 11) is -8.30. The Labute approximate surface area is 404 Å². The molecule has 14 nitrogen and oxygen atoms in total. The van der Waals surface area contributed by atoms with Crippen molar-refractivity contribution < 1.29 is 140 Å². The molecule has 0 aliphatic carbocycles. The van der Waals surface area contributed by atoms with Crippen molar-refractivity contribution in [2.24, 2.45) is 0 Å².